The van der Waals surface area contributed by atoms with Crippen molar-refractivity contribution in [3.05, 3.63) is 11.7 Å². The van der Waals surface area contributed by atoms with E-state index in [1.807, 2.05) is 6.92 Å². The summed E-state index contributed by atoms with van der Waals surface area (Å²) in [7, 11) is 2.11. The second kappa shape index (κ2) is 6.81. The van der Waals surface area contributed by atoms with Gasteiger partial charge in [0.25, 0.3) is 0 Å². The Morgan fingerprint density at radius 1 is 1.40 bits per heavy atom. The Morgan fingerprint density at radius 2 is 2.10 bits per heavy atom. The van der Waals surface area contributed by atoms with Crippen molar-refractivity contribution in [1.82, 2.24) is 25.3 Å². The Morgan fingerprint density at radius 3 is 2.70 bits per heavy atom. The molecule has 0 radical (unpaired) electrons. The van der Waals surface area contributed by atoms with Gasteiger partial charge in [0.1, 0.15) is 0 Å². The number of nitrogens with one attached hydrogen (secondary N) is 1. The van der Waals surface area contributed by atoms with Gasteiger partial charge in [0.15, 0.2) is 5.82 Å². The van der Waals surface area contributed by atoms with Gasteiger partial charge in [0, 0.05) is 46.1 Å². The first-order chi connectivity index (χ1) is 9.56. The van der Waals surface area contributed by atoms with E-state index in [2.05, 4.69) is 32.3 Å². The number of piperazine rings is 1. The van der Waals surface area contributed by atoms with Crippen molar-refractivity contribution in [3.63, 3.8) is 0 Å². The molecule has 0 bridgehead atoms. The molecule has 0 saturated carbocycles. The highest BCUT2D eigenvalue weighted by atomic mass is 16.5. The molecule has 1 fully saturated rings. The average Bonchev–Trinajstić information content (AvgIpc) is 2.84. The number of carbonyl (C=O) groups excluding carboxylic acids is 1. The van der Waals surface area contributed by atoms with E-state index in [0.717, 1.165) is 26.2 Å². The molecule has 1 aliphatic heterocycles. The molecule has 1 aliphatic rings. The van der Waals surface area contributed by atoms with Crippen LogP contribution in [-0.2, 0) is 11.2 Å². The third-order valence-electron chi connectivity index (χ3n) is 3.68. The third-order valence-corrected chi connectivity index (χ3v) is 3.68. The van der Waals surface area contributed by atoms with Crippen LogP contribution in [0.25, 0.3) is 0 Å². The lowest BCUT2D eigenvalue weighted by Gasteiger charge is -2.35. The van der Waals surface area contributed by atoms with Crippen LogP contribution in [0.1, 0.15) is 18.6 Å². The summed E-state index contributed by atoms with van der Waals surface area (Å²) < 4.78 is 4.89. The summed E-state index contributed by atoms with van der Waals surface area (Å²) in [5.74, 6) is 1.25. The standard InChI is InChI=1S/C13H23N5O2/c1-10(18-8-6-17(3)7-9-18)13(19)14-5-4-12-15-11(2)20-16-12/h10H,4-9H2,1-3H3,(H,14,19). The number of rotatable bonds is 5. The van der Waals surface area contributed by atoms with Crippen molar-refractivity contribution >= 4 is 5.91 Å². The van der Waals surface area contributed by atoms with Gasteiger partial charge >= 0.3 is 0 Å². The minimum absolute atomic E-state index is 0.0646. The molecular formula is C13H23N5O2. The third kappa shape index (κ3) is 4.01. The van der Waals surface area contributed by atoms with Crippen LogP contribution in [0.3, 0.4) is 0 Å². The summed E-state index contributed by atoms with van der Waals surface area (Å²) in [4.78, 5) is 20.7. The molecular weight excluding hydrogens is 258 g/mol. The zero-order valence-corrected chi connectivity index (χ0v) is 12.4. The van der Waals surface area contributed by atoms with E-state index in [1.165, 1.54) is 0 Å². The second-order valence-electron chi connectivity index (χ2n) is 5.29. The summed E-state index contributed by atoms with van der Waals surface area (Å²) in [5, 5.41) is 6.74. The maximum Gasteiger partial charge on any atom is 0.237 e. The lowest BCUT2D eigenvalue weighted by atomic mass is 10.2. The van der Waals surface area contributed by atoms with E-state index in [-0.39, 0.29) is 11.9 Å². The maximum atomic E-state index is 12.1. The fraction of sp³-hybridized carbons (Fsp3) is 0.769. The molecule has 7 heteroatoms. The van der Waals surface area contributed by atoms with Crippen molar-refractivity contribution in [3.8, 4) is 0 Å². The summed E-state index contributed by atoms with van der Waals surface area (Å²) >= 11 is 0. The zero-order chi connectivity index (χ0) is 14.5. The topological polar surface area (TPSA) is 74.5 Å². The summed E-state index contributed by atoms with van der Waals surface area (Å²) in [5.41, 5.74) is 0. The van der Waals surface area contributed by atoms with Crippen LogP contribution >= 0.6 is 0 Å². The van der Waals surface area contributed by atoms with Crippen LogP contribution < -0.4 is 5.32 Å². The quantitative estimate of drug-likeness (QED) is 0.797. The average molecular weight is 281 g/mol. The predicted octanol–water partition coefficient (Wildman–Crippen LogP) is -0.327. The summed E-state index contributed by atoms with van der Waals surface area (Å²) in [6.45, 7) is 8.16. The number of likely N-dealkylation sites (N-methyl/N-ethyl adjacent to an activating group) is 1. The SMILES string of the molecule is Cc1nc(CCNC(=O)C(C)N2CCN(C)CC2)no1. The van der Waals surface area contributed by atoms with Gasteiger partial charge in [-0.1, -0.05) is 5.16 Å². The molecule has 0 spiro atoms. The number of carbonyl (C=O) groups is 1. The number of hydrogen-bond acceptors (Lipinski definition) is 6. The minimum atomic E-state index is -0.0873. The van der Waals surface area contributed by atoms with Gasteiger partial charge < -0.3 is 14.7 Å². The second-order valence-corrected chi connectivity index (χ2v) is 5.29. The van der Waals surface area contributed by atoms with E-state index >= 15 is 0 Å². The maximum absolute atomic E-state index is 12.1. The van der Waals surface area contributed by atoms with Crippen molar-refractivity contribution in [2.75, 3.05) is 39.8 Å². The molecule has 1 amide bonds. The molecule has 1 aromatic rings. The number of amides is 1. The van der Waals surface area contributed by atoms with Crippen molar-refractivity contribution < 1.29 is 9.32 Å². The first kappa shape index (κ1) is 14.9. The smallest absolute Gasteiger partial charge is 0.237 e. The summed E-state index contributed by atoms with van der Waals surface area (Å²) in [6, 6.07) is -0.0873. The van der Waals surface area contributed by atoms with Crippen LogP contribution in [-0.4, -0.2) is 71.7 Å². The highest BCUT2D eigenvalue weighted by Gasteiger charge is 2.23. The first-order valence-corrected chi connectivity index (χ1v) is 7.06. The molecule has 20 heavy (non-hydrogen) atoms. The number of aryl methyl sites for hydroxylation is 1. The molecule has 2 heterocycles. The van der Waals surface area contributed by atoms with E-state index < -0.39 is 0 Å². The monoisotopic (exact) mass is 281 g/mol. The number of hydrogen-bond donors (Lipinski definition) is 1. The number of nitrogens with zero attached hydrogens (tertiary/aromatic N) is 4. The Kier molecular flexibility index (Phi) is 5.08. The summed E-state index contributed by atoms with van der Waals surface area (Å²) in [6.07, 6.45) is 0.596. The Balaban J connectivity index is 1.71. The van der Waals surface area contributed by atoms with Crippen molar-refractivity contribution in [1.29, 1.82) is 0 Å². The molecule has 0 aliphatic carbocycles. The fourth-order valence-corrected chi connectivity index (χ4v) is 2.26. The molecule has 112 valence electrons. The first-order valence-electron chi connectivity index (χ1n) is 7.06. The lowest BCUT2D eigenvalue weighted by molar-refractivity contribution is -0.126. The van der Waals surface area contributed by atoms with Crippen LogP contribution in [0.2, 0.25) is 0 Å². The van der Waals surface area contributed by atoms with Crippen molar-refractivity contribution in [2.24, 2.45) is 0 Å². The minimum Gasteiger partial charge on any atom is -0.354 e. The molecule has 7 nitrogen and oxygen atoms in total. The Bertz CT molecular complexity index is 440. The molecule has 1 unspecified atom stereocenters. The Labute approximate surface area is 119 Å². The van der Waals surface area contributed by atoms with Gasteiger partial charge in [-0.3, -0.25) is 9.69 Å². The lowest BCUT2D eigenvalue weighted by Crippen LogP contribution is -2.53. The zero-order valence-electron chi connectivity index (χ0n) is 12.4. The van der Waals surface area contributed by atoms with Crippen molar-refractivity contribution in [2.45, 2.75) is 26.3 Å². The highest BCUT2D eigenvalue weighted by Crippen LogP contribution is 2.05. The molecule has 2 rings (SSSR count). The number of aromatic nitrogens is 2. The molecule has 1 saturated heterocycles. The van der Waals surface area contributed by atoms with Gasteiger partial charge in [-0.2, -0.15) is 4.98 Å². The van der Waals surface area contributed by atoms with E-state index in [1.54, 1.807) is 6.92 Å². The molecule has 1 atom stereocenters. The predicted molar refractivity (Wildman–Crippen MR) is 74.3 cm³/mol. The van der Waals surface area contributed by atoms with Gasteiger partial charge in [-0.15, -0.1) is 0 Å². The van der Waals surface area contributed by atoms with Gasteiger partial charge in [-0.25, -0.2) is 0 Å². The van der Waals surface area contributed by atoms with E-state index in [4.69, 9.17) is 4.52 Å². The van der Waals surface area contributed by atoms with Gasteiger partial charge in [-0.05, 0) is 14.0 Å². The van der Waals surface area contributed by atoms with Crippen LogP contribution in [0.4, 0.5) is 0 Å². The van der Waals surface area contributed by atoms with Gasteiger partial charge in [0.2, 0.25) is 11.8 Å². The fourth-order valence-electron chi connectivity index (χ4n) is 2.26. The van der Waals surface area contributed by atoms with E-state index in [0.29, 0.717) is 24.7 Å². The molecule has 1 aromatic heterocycles. The van der Waals surface area contributed by atoms with Crippen LogP contribution in [0, 0.1) is 6.92 Å². The molecule has 1 N–H and O–H groups in total. The molecule has 0 aromatic carbocycles. The highest BCUT2D eigenvalue weighted by molar-refractivity contribution is 5.81. The van der Waals surface area contributed by atoms with Crippen LogP contribution in [0.15, 0.2) is 4.52 Å². The van der Waals surface area contributed by atoms with E-state index in [9.17, 15) is 4.79 Å². The normalized spacial score (nSPS) is 18.9. The Hall–Kier alpha value is -1.47. The van der Waals surface area contributed by atoms with Gasteiger partial charge in [0.05, 0.1) is 6.04 Å². The largest absolute Gasteiger partial charge is 0.354 e. The van der Waals surface area contributed by atoms with Crippen LogP contribution in [0.5, 0.6) is 0 Å².